The highest BCUT2D eigenvalue weighted by Crippen LogP contribution is 2.25. The average molecular weight is 268 g/mol. The second kappa shape index (κ2) is 3.94. The van der Waals surface area contributed by atoms with Crippen molar-refractivity contribution < 1.29 is 0 Å². The fourth-order valence-electron chi connectivity index (χ4n) is 1.78. The van der Waals surface area contributed by atoms with Crippen LogP contribution >= 0.6 is 15.9 Å². The average Bonchev–Trinajstić information content (AvgIpc) is 2.47. The zero-order valence-corrected chi connectivity index (χ0v) is 10.5. The number of hydrogen-bond donors (Lipinski definition) is 1. The first kappa shape index (κ1) is 10.6. The van der Waals surface area contributed by atoms with Crippen LogP contribution in [0.15, 0.2) is 16.6 Å². The van der Waals surface area contributed by atoms with Crippen molar-refractivity contribution >= 4 is 27.0 Å². The van der Waals surface area contributed by atoms with Gasteiger partial charge in [-0.2, -0.15) is 0 Å². The number of halogens is 1. The van der Waals surface area contributed by atoms with Crippen molar-refractivity contribution in [3.8, 4) is 0 Å². The summed E-state index contributed by atoms with van der Waals surface area (Å²) < 4.78 is 3.16. The highest BCUT2D eigenvalue weighted by Gasteiger charge is 2.09. The van der Waals surface area contributed by atoms with Gasteiger partial charge in [0.2, 0.25) is 0 Å². The lowest BCUT2D eigenvalue weighted by Gasteiger charge is -2.00. The molecule has 1 aromatic heterocycles. The first-order valence-electron chi connectivity index (χ1n) is 4.95. The number of nitrogens with two attached hydrogens (primary N) is 1. The van der Waals surface area contributed by atoms with Crippen LogP contribution in [0.3, 0.4) is 0 Å². The van der Waals surface area contributed by atoms with Gasteiger partial charge >= 0.3 is 0 Å². The Bertz CT molecular complexity index is 502. The molecule has 1 heterocycles. The molecule has 0 radical (unpaired) electrons. The summed E-state index contributed by atoms with van der Waals surface area (Å²) in [5.41, 5.74) is 8.96. The predicted octanol–water partition coefficient (Wildman–Crippen LogP) is 2.15. The standard InChI is InChI=1S/C11H14BrN3/c1-7-5-8(12)11-9(6-7)15(2)10(14-11)3-4-13/h5-6H,3-4,13H2,1-2H3. The molecule has 0 unspecified atom stereocenters. The zero-order chi connectivity index (χ0) is 11.0. The summed E-state index contributed by atoms with van der Waals surface area (Å²) >= 11 is 3.54. The second-order valence-electron chi connectivity index (χ2n) is 3.74. The van der Waals surface area contributed by atoms with E-state index in [1.807, 2.05) is 7.05 Å². The van der Waals surface area contributed by atoms with E-state index in [9.17, 15) is 0 Å². The third-order valence-corrected chi connectivity index (χ3v) is 3.15. The molecule has 0 fully saturated rings. The smallest absolute Gasteiger partial charge is 0.110 e. The van der Waals surface area contributed by atoms with Gasteiger partial charge in [0.15, 0.2) is 0 Å². The monoisotopic (exact) mass is 267 g/mol. The molecule has 0 amide bonds. The van der Waals surface area contributed by atoms with Crippen molar-refractivity contribution in [1.29, 1.82) is 0 Å². The Morgan fingerprint density at radius 2 is 2.20 bits per heavy atom. The number of aromatic nitrogens is 2. The van der Waals surface area contributed by atoms with Crippen LogP contribution in [-0.4, -0.2) is 16.1 Å². The van der Waals surface area contributed by atoms with Gasteiger partial charge in [0.25, 0.3) is 0 Å². The van der Waals surface area contributed by atoms with E-state index in [4.69, 9.17) is 5.73 Å². The lowest BCUT2D eigenvalue weighted by molar-refractivity contribution is 0.794. The molecule has 1 aromatic carbocycles. The molecule has 0 spiro atoms. The number of aryl methyl sites for hydroxylation is 2. The Hall–Kier alpha value is -0.870. The van der Waals surface area contributed by atoms with Crippen molar-refractivity contribution in [2.75, 3.05) is 6.54 Å². The maximum atomic E-state index is 5.55. The summed E-state index contributed by atoms with van der Waals surface area (Å²) in [6, 6.07) is 4.23. The molecule has 2 N–H and O–H groups in total. The molecule has 0 atom stereocenters. The van der Waals surface area contributed by atoms with Gasteiger partial charge in [-0.25, -0.2) is 4.98 Å². The maximum Gasteiger partial charge on any atom is 0.110 e. The third-order valence-electron chi connectivity index (χ3n) is 2.54. The molecule has 4 heteroatoms. The van der Waals surface area contributed by atoms with Crippen LogP contribution in [0.1, 0.15) is 11.4 Å². The number of hydrogen-bond acceptors (Lipinski definition) is 2. The molecule has 0 aliphatic rings. The Labute approximate surface area is 97.4 Å². The zero-order valence-electron chi connectivity index (χ0n) is 8.92. The molecular formula is C11H14BrN3. The molecule has 0 aliphatic carbocycles. The number of imidazole rings is 1. The van der Waals surface area contributed by atoms with Crippen LogP contribution in [0.4, 0.5) is 0 Å². The van der Waals surface area contributed by atoms with Crippen LogP contribution < -0.4 is 5.73 Å². The van der Waals surface area contributed by atoms with Gasteiger partial charge in [-0.3, -0.25) is 0 Å². The number of benzene rings is 1. The van der Waals surface area contributed by atoms with Gasteiger partial charge in [-0.05, 0) is 47.1 Å². The molecule has 80 valence electrons. The molecule has 3 nitrogen and oxygen atoms in total. The Balaban J connectivity index is 2.70. The van der Waals surface area contributed by atoms with E-state index < -0.39 is 0 Å². The normalized spacial score (nSPS) is 11.2. The van der Waals surface area contributed by atoms with E-state index in [-0.39, 0.29) is 0 Å². The van der Waals surface area contributed by atoms with Crippen molar-refractivity contribution in [2.45, 2.75) is 13.3 Å². The van der Waals surface area contributed by atoms with Gasteiger partial charge in [-0.1, -0.05) is 0 Å². The van der Waals surface area contributed by atoms with Crippen LogP contribution in [0, 0.1) is 6.92 Å². The van der Waals surface area contributed by atoms with E-state index in [1.165, 1.54) is 5.56 Å². The molecule has 0 saturated carbocycles. The molecule has 15 heavy (non-hydrogen) atoms. The molecule has 0 bridgehead atoms. The van der Waals surface area contributed by atoms with Crippen molar-refractivity contribution in [1.82, 2.24) is 9.55 Å². The van der Waals surface area contributed by atoms with E-state index in [0.717, 1.165) is 27.8 Å². The Morgan fingerprint density at radius 3 is 2.87 bits per heavy atom. The lowest BCUT2D eigenvalue weighted by atomic mass is 10.2. The summed E-state index contributed by atoms with van der Waals surface area (Å²) in [4.78, 5) is 4.58. The van der Waals surface area contributed by atoms with Gasteiger partial charge in [0.05, 0.1) is 5.52 Å². The maximum absolute atomic E-state index is 5.55. The van der Waals surface area contributed by atoms with Crippen LogP contribution in [0.25, 0.3) is 11.0 Å². The van der Waals surface area contributed by atoms with E-state index >= 15 is 0 Å². The molecule has 0 saturated heterocycles. The molecule has 0 aliphatic heterocycles. The van der Waals surface area contributed by atoms with Crippen LogP contribution in [0.2, 0.25) is 0 Å². The highest BCUT2D eigenvalue weighted by atomic mass is 79.9. The van der Waals surface area contributed by atoms with E-state index in [1.54, 1.807) is 0 Å². The first-order chi connectivity index (χ1) is 7.13. The summed E-state index contributed by atoms with van der Waals surface area (Å²) in [6.07, 6.45) is 0.816. The minimum atomic E-state index is 0.633. The predicted molar refractivity (Wildman–Crippen MR) is 65.9 cm³/mol. The summed E-state index contributed by atoms with van der Waals surface area (Å²) in [6.45, 7) is 2.72. The van der Waals surface area contributed by atoms with Crippen molar-refractivity contribution in [3.05, 3.63) is 28.0 Å². The quantitative estimate of drug-likeness (QED) is 0.906. The molecule has 2 rings (SSSR count). The Morgan fingerprint density at radius 1 is 1.47 bits per heavy atom. The second-order valence-corrected chi connectivity index (χ2v) is 4.59. The minimum absolute atomic E-state index is 0.633. The minimum Gasteiger partial charge on any atom is -0.331 e. The largest absolute Gasteiger partial charge is 0.331 e. The molecule has 2 aromatic rings. The van der Waals surface area contributed by atoms with Crippen LogP contribution in [0.5, 0.6) is 0 Å². The third kappa shape index (κ3) is 1.79. The fourth-order valence-corrected chi connectivity index (χ4v) is 2.43. The van der Waals surface area contributed by atoms with Gasteiger partial charge < -0.3 is 10.3 Å². The highest BCUT2D eigenvalue weighted by molar-refractivity contribution is 9.10. The lowest BCUT2D eigenvalue weighted by Crippen LogP contribution is -2.07. The first-order valence-corrected chi connectivity index (χ1v) is 5.74. The van der Waals surface area contributed by atoms with Crippen LogP contribution in [-0.2, 0) is 13.5 Å². The summed E-state index contributed by atoms with van der Waals surface area (Å²) in [5, 5.41) is 0. The van der Waals surface area contributed by atoms with Crippen molar-refractivity contribution in [3.63, 3.8) is 0 Å². The van der Waals surface area contributed by atoms with Gasteiger partial charge in [-0.15, -0.1) is 0 Å². The van der Waals surface area contributed by atoms with Gasteiger partial charge in [0, 0.05) is 17.9 Å². The number of nitrogens with zero attached hydrogens (tertiary/aromatic N) is 2. The summed E-state index contributed by atoms with van der Waals surface area (Å²) in [5.74, 6) is 1.04. The van der Waals surface area contributed by atoms with E-state index in [0.29, 0.717) is 6.54 Å². The Kier molecular flexibility index (Phi) is 2.80. The van der Waals surface area contributed by atoms with E-state index in [2.05, 4.69) is 44.5 Å². The summed E-state index contributed by atoms with van der Waals surface area (Å²) in [7, 11) is 2.03. The topological polar surface area (TPSA) is 43.8 Å². The number of fused-ring (bicyclic) bond motifs is 1. The van der Waals surface area contributed by atoms with Gasteiger partial charge in [0.1, 0.15) is 11.3 Å². The molecular weight excluding hydrogens is 254 g/mol. The SMILES string of the molecule is Cc1cc(Br)c2nc(CCN)n(C)c2c1. The fraction of sp³-hybridized carbons (Fsp3) is 0.364. The van der Waals surface area contributed by atoms with Crippen molar-refractivity contribution in [2.24, 2.45) is 12.8 Å². The number of rotatable bonds is 2.